The highest BCUT2D eigenvalue weighted by Crippen LogP contribution is 1.97. The van der Waals surface area contributed by atoms with Crippen molar-refractivity contribution in [1.82, 2.24) is 4.90 Å². The molecule has 0 unspecified atom stereocenters. The number of hydrogen-bond acceptors (Lipinski definition) is 4. The summed E-state index contributed by atoms with van der Waals surface area (Å²) in [7, 11) is 0. The van der Waals surface area contributed by atoms with Crippen molar-refractivity contribution in [3.8, 4) is 0 Å². The van der Waals surface area contributed by atoms with Gasteiger partial charge < -0.3 is 9.64 Å². The highest BCUT2D eigenvalue weighted by Gasteiger charge is 2.04. The van der Waals surface area contributed by atoms with Gasteiger partial charge in [-0.25, -0.2) is 9.79 Å². The lowest BCUT2D eigenvalue weighted by molar-refractivity contribution is -0.139. The van der Waals surface area contributed by atoms with Crippen LogP contribution in [-0.4, -0.2) is 36.9 Å². The van der Waals surface area contributed by atoms with E-state index in [1.165, 1.54) is 0 Å². The SMILES string of the molecule is C=C(C)C(=O)OCCCN1C=NC=CC1. The molecule has 0 radical (unpaired) electrons. The largest absolute Gasteiger partial charge is 0.462 e. The van der Waals surface area contributed by atoms with Crippen LogP contribution in [0.4, 0.5) is 0 Å². The molecule has 0 aromatic carbocycles. The summed E-state index contributed by atoms with van der Waals surface area (Å²) >= 11 is 0. The van der Waals surface area contributed by atoms with Crippen LogP contribution in [0.2, 0.25) is 0 Å². The van der Waals surface area contributed by atoms with Crippen molar-refractivity contribution in [2.45, 2.75) is 13.3 Å². The Morgan fingerprint density at radius 1 is 1.67 bits per heavy atom. The first kappa shape index (κ1) is 11.5. The van der Waals surface area contributed by atoms with Gasteiger partial charge in [0.25, 0.3) is 0 Å². The van der Waals surface area contributed by atoms with Crippen LogP contribution in [0.15, 0.2) is 29.4 Å². The predicted molar refractivity (Wildman–Crippen MR) is 59.6 cm³/mol. The zero-order chi connectivity index (χ0) is 11.1. The second-order valence-electron chi connectivity index (χ2n) is 3.41. The van der Waals surface area contributed by atoms with Gasteiger partial charge in [0.15, 0.2) is 0 Å². The highest BCUT2D eigenvalue weighted by atomic mass is 16.5. The van der Waals surface area contributed by atoms with Crippen molar-refractivity contribution in [2.75, 3.05) is 19.7 Å². The Bertz CT molecular complexity index is 295. The van der Waals surface area contributed by atoms with Gasteiger partial charge in [0.05, 0.1) is 12.9 Å². The third kappa shape index (κ3) is 4.44. The van der Waals surface area contributed by atoms with Gasteiger partial charge in [0.1, 0.15) is 0 Å². The quantitative estimate of drug-likeness (QED) is 0.389. The van der Waals surface area contributed by atoms with E-state index in [2.05, 4.69) is 16.5 Å². The maximum absolute atomic E-state index is 11.0. The van der Waals surface area contributed by atoms with Gasteiger partial charge >= 0.3 is 5.97 Å². The molecule has 0 saturated heterocycles. The Hall–Kier alpha value is -1.58. The normalized spacial score (nSPS) is 14.1. The van der Waals surface area contributed by atoms with Crippen LogP contribution in [0.5, 0.6) is 0 Å². The lowest BCUT2D eigenvalue weighted by Gasteiger charge is -2.18. The Labute approximate surface area is 89.9 Å². The summed E-state index contributed by atoms with van der Waals surface area (Å²) in [6, 6.07) is 0. The second-order valence-corrected chi connectivity index (χ2v) is 3.41. The fraction of sp³-hybridized carbons (Fsp3) is 0.455. The third-order valence-electron chi connectivity index (χ3n) is 1.93. The zero-order valence-electron chi connectivity index (χ0n) is 8.98. The molecule has 0 fully saturated rings. The Morgan fingerprint density at radius 2 is 2.47 bits per heavy atom. The minimum absolute atomic E-state index is 0.317. The second kappa shape index (κ2) is 6.01. The molecule has 0 spiro atoms. The summed E-state index contributed by atoms with van der Waals surface area (Å²) in [4.78, 5) is 17.1. The molecule has 0 bridgehead atoms. The van der Waals surface area contributed by atoms with Crippen molar-refractivity contribution >= 4 is 12.3 Å². The van der Waals surface area contributed by atoms with E-state index in [0.29, 0.717) is 12.2 Å². The van der Waals surface area contributed by atoms with Crippen LogP contribution in [0.3, 0.4) is 0 Å². The molecular formula is C11H16N2O2. The van der Waals surface area contributed by atoms with Gasteiger partial charge in [-0.05, 0) is 19.4 Å². The number of rotatable bonds is 5. The summed E-state index contributed by atoms with van der Waals surface area (Å²) in [6.07, 6.45) is 6.36. The van der Waals surface area contributed by atoms with Crippen LogP contribution in [0, 0.1) is 0 Å². The highest BCUT2D eigenvalue weighted by molar-refractivity contribution is 5.86. The van der Waals surface area contributed by atoms with Crippen LogP contribution in [0.25, 0.3) is 0 Å². The minimum atomic E-state index is -0.317. The summed E-state index contributed by atoms with van der Waals surface area (Å²) in [5.74, 6) is -0.317. The van der Waals surface area contributed by atoms with E-state index in [4.69, 9.17) is 4.74 Å². The number of ether oxygens (including phenoxy) is 1. The molecule has 1 aliphatic heterocycles. The van der Waals surface area contributed by atoms with E-state index >= 15 is 0 Å². The van der Waals surface area contributed by atoms with Crippen LogP contribution < -0.4 is 0 Å². The van der Waals surface area contributed by atoms with Crippen LogP contribution >= 0.6 is 0 Å². The minimum Gasteiger partial charge on any atom is -0.462 e. The molecule has 0 aromatic rings. The van der Waals surface area contributed by atoms with Crippen molar-refractivity contribution in [3.63, 3.8) is 0 Å². The summed E-state index contributed by atoms with van der Waals surface area (Å²) < 4.78 is 4.97. The summed E-state index contributed by atoms with van der Waals surface area (Å²) in [5.41, 5.74) is 0.442. The van der Waals surface area contributed by atoms with E-state index in [0.717, 1.165) is 19.5 Å². The Balaban J connectivity index is 2.07. The molecule has 0 atom stereocenters. The summed E-state index contributed by atoms with van der Waals surface area (Å²) in [6.45, 7) is 7.30. The van der Waals surface area contributed by atoms with Crippen molar-refractivity contribution in [3.05, 3.63) is 24.4 Å². The monoisotopic (exact) mass is 208 g/mol. The molecule has 82 valence electrons. The summed E-state index contributed by atoms with van der Waals surface area (Å²) in [5, 5.41) is 0. The smallest absolute Gasteiger partial charge is 0.333 e. The van der Waals surface area contributed by atoms with E-state index in [9.17, 15) is 4.79 Å². The Morgan fingerprint density at radius 3 is 3.07 bits per heavy atom. The first-order chi connectivity index (χ1) is 7.20. The Kier molecular flexibility index (Phi) is 4.60. The average molecular weight is 208 g/mol. The molecule has 0 N–H and O–H groups in total. The van der Waals surface area contributed by atoms with Gasteiger partial charge in [-0.2, -0.15) is 0 Å². The number of hydrogen-bond donors (Lipinski definition) is 0. The molecule has 1 aliphatic rings. The van der Waals surface area contributed by atoms with Crippen molar-refractivity contribution in [2.24, 2.45) is 4.99 Å². The first-order valence-electron chi connectivity index (χ1n) is 4.95. The van der Waals surface area contributed by atoms with E-state index in [1.54, 1.807) is 19.5 Å². The lowest BCUT2D eigenvalue weighted by atomic mass is 10.3. The van der Waals surface area contributed by atoms with Gasteiger partial charge in [0.2, 0.25) is 0 Å². The van der Waals surface area contributed by atoms with E-state index < -0.39 is 0 Å². The molecule has 4 heteroatoms. The number of nitrogens with zero attached hydrogens (tertiary/aromatic N) is 2. The average Bonchev–Trinajstić information content (AvgIpc) is 2.25. The molecule has 1 rings (SSSR count). The standard InChI is InChI=1S/C11H16N2O2/c1-10(2)11(14)15-8-4-7-13-6-3-5-12-9-13/h3,5,9H,1,4,6-8H2,2H3. The lowest BCUT2D eigenvalue weighted by Crippen LogP contribution is -2.26. The molecule has 4 nitrogen and oxygen atoms in total. The van der Waals surface area contributed by atoms with Gasteiger partial charge in [-0.3, -0.25) is 0 Å². The number of carbonyl (C=O) groups is 1. The molecule has 15 heavy (non-hydrogen) atoms. The number of carbonyl (C=O) groups excluding carboxylic acids is 1. The number of esters is 1. The number of aliphatic imine (C=N–C) groups is 1. The molecule has 0 aromatic heterocycles. The van der Waals surface area contributed by atoms with Gasteiger partial charge in [-0.1, -0.05) is 6.58 Å². The van der Waals surface area contributed by atoms with Gasteiger partial charge in [0, 0.05) is 24.9 Å². The molecule has 0 saturated carbocycles. The molecular weight excluding hydrogens is 192 g/mol. The maximum atomic E-state index is 11.0. The fourth-order valence-electron chi connectivity index (χ4n) is 1.13. The maximum Gasteiger partial charge on any atom is 0.333 e. The molecule has 0 amide bonds. The molecule has 1 heterocycles. The van der Waals surface area contributed by atoms with Crippen molar-refractivity contribution in [1.29, 1.82) is 0 Å². The van der Waals surface area contributed by atoms with Gasteiger partial charge in [-0.15, -0.1) is 0 Å². The van der Waals surface area contributed by atoms with Crippen LogP contribution in [0.1, 0.15) is 13.3 Å². The zero-order valence-corrected chi connectivity index (χ0v) is 8.98. The van der Waals surface area contributed by atoms with E-state index in [1.807, 2.05) is 6.08 Å². The topological polar surface area (TPSA) is 41.9 Å². The third-order valence-corrected chi connectivity index (χ3v) is 1.93. The van der Waals surface area contributed by atoms with E-state index in [-0.39, 0.29) is 5.97 Å². The predicted octanol–water partition coefficient (Wildman–Crippen LogP) is 1.35. The molecule has 0 aliphatic carbocycles. The van der Waals surface area contributed by atoms with Crippen LogP contribution in [-0.2, 0) is 9.53 Å². The van der Waals surface area contributed by atoms with Crippen molar-refractivity contribution < 1.29 is 9.53 Å². The fourth-order valence-corrected chi connectivity index (χ4v) is 1.13. The first-order valence-corrected chi connectivity index (χ1v) is 4.95.